The number of anilines is 1. The van der Waals surface area contributed by atoms with Crippen molar-refractivity contribution in [3.8, 4) is 11.5 Å². The van der Waals surface area contributed by atoms with E-state index in [1.165, 1.54) is 33.4 Å². The van der Waals surface area contributed by atoms with Gasteiger partial charge in [0.2, 0.25) is 0 Å². The molecule has 0 aliphatic heterocycles. The highest BCUT2D eigenvalue weighted by Crippen LogP contribution is 2.37. The normalized spacial score (nSPS) is 12.1. The standard InChI is InChI=1S/C20H19F4NO4/c1-25(14-6-10-16(28-3)11-7-14)17(26)12-29-19(21)18(20(22,23)24)13-4-8-15(27-2)9-5-13/h4-11H,12H2,1-3H3/b19-18+. The first kappa shape index (κ1) is 22.1. The van der Waals surface area contributed by atoms with Crippen molar-refractivity contribution in [1.29, 1.82) is 0 Å². The van der Waals surface area contributed by atoms with Crippen molar-refractivity contribution in [3.05, 3.63) is 60.1 Å². The summed E-state index contributed by atoms with van der Waals surface area (Å²) in [5, 5.41) is 0. The number of hydrogen-bond donors (Lipinski definition) is 0. The zero-order valence-corrected chi connectivity index (χ0v) is 15.9. The van der Waals surface area contributed by atoms with Crippen LogP contribution in [-0.2, 0) is 9.53 Å². The van der Waals surface area contributed by atoms with E-state index < -0.39 is 35.8 Å². The number of halogens is 4. The highest BCUT2D eigenvalue weighted by atomic mass is 19.4. The van der Waals surface area contributed by atoms with Gasteiger partial charge in [-0.25, -0.2) is 0 Å². The molecule has 0 aromatic heterocycles. The molecule has 2 aromatic rings. The highest BCUT2D eigenvalue weighted by molar-refractivity contribution is 5.93. The first-order valence-corrected chi connectivity index (χ1v) is 8.32. The van der Waals surface area contributed by atoms with Crippen LogP contribution >= 0.6 is 0 Å². The third-order valence-corrected chi connectivity index (χ3v) is 4.01. The van der Waals surface area contributed by atoms with E-state index >= 15 is 0 Å². The summed E-state index contributed by atoms with van der Waals surface area (Å²) in [5.41, 5.74) is -1.62. The van der Waals surface area contributed by atoms with Gasteiger partial charge in [0.05, 0.1) is 14.2 Å². The van der Waals surface area contributed by atoms with E-state index in [2.05, 4.69) is 4.74 Å². The lowest BCUT2D eigenvalue weighted by Gasteiger charge is -2.18. The fraction of sp³-hybridized carbons (Fsp3) is 0.250. The molecule has 0 N–H and O–H groups in total. The number of likely N-dealkylation sites (N-methyl/N-ethyl adjacent to an activating group) is 1. The molecule has 0 saturated heterocycles. The van der Waals surface area contributed by atoms with E-state index in [9.17, 15) is 22.4 Å². The number of benzene rings is 2. The average molecular weight is 413 g/mol. The SMILES string of the molecule is COc1ccc(/C(=C(/F)OCC(=O)N(C)c2ccc(OC)cc2)C(F)(F)F)cc1. The summed E-state index contributed by atoms with van der Waals surface area (Å²) >= 11 is 0. The van der Waals surface area contributed by atoms with Crippen LogP contribution < -0.4 is 14.4 Å². The van der Waals surface area contributed by atoms with E-state index in [4.69, 9.17) is 9.47 Å². The van der Waals surface area contributed by atoms with Crippen molar-refractivity contribution in [2.75, 3.05) is 32.8 Å². The van der Waals surface area contributed by atoms with E-state index in [1.807, 2.05) is 0 Å². The van der Waals surface area contributed by atoms with Crippen LogP contribution in [0.2, 0.25) is 0 Å². The van der Waals surface area contributed by atoms with Gasteiger partial charge < -0.3 is 19.1 Å². The summed E-state index contributed by atoms with van der Waals surface area (Å²) in [6.07, 6.45) is -5.02. The Bertz CT molecular complexity index is 862. The quantitative estimate of drug-likeness (QED) is 0.492. The lowest BCUT2D eigenvalue weighted by Crippen LogP contribution is -2.30. The summed E-state index contributed by atoms with van der Waals surface area (Å²) in [6, 6.07) is 9.08. The van der Waals surface area contributed by atoms with Crippen molar-refractivity contribution < 1.29 is 36.6 Å². The molecule has 0 aliphatic carbocycles. The molecule has 0 unspecified atom stereocenters. The molecule has 2 rings (SSSR count). The van der Waals surface area contributed by atoms with Crippen LogP contribution in [0, 0.1) is 0 Å². The molecule has 0 heterocycles. The number of allylic oxidation sites excluding steroid dienone is 1. The maximum atomic E-state index is 14.3. The second kappa shape index (κ2) is 9.31. The van der Waals surface area contributed by atoms with Gasteiger partial charge in [0.25, 0.3) is 11.9 Å². The molecule has 0 aliphatic rings. The number of carbonyl (C=O) groups excluding carboxylic acids is 1. The third kappa shape index (κ3) is 5.63. The number of amides is 1. The molecule has 0 fully saturated rings. The molecule has 0 spiro atoms. The maximum Gasteiger partial charge on any atom is 0.422 e. The van der Waals surface area contributed by atoms with Gasteiger partial charge in [0, 0.05) is 12.7 Å². The number of carbonyl (C=O) groups is 1. The molecule has 0 bridgehead atoms. The Morgan fingerprint density at radius 3 is 1.86 bits per heavy atom. The summed E-state index contributed by atoms with van der Waals surface area (Å²) in [5.74, 6) is 0.142. The summed E-state index contributed by atoms with van der Waals surface area (Å²) in [4.78, 5) is 13.3. The summed E-state index contributed by atoms with van der Waals surface area (Å²) < 4.78 is 68.7. The second-order valence-corrected chi connectivity index (χ2v) is 5.81. The molecule has 1 amide bonds. The number of ether oxygens (including phenoxy) is 3. The predicted molar refractivity (Wildman–Crippen MR) is 99.4 cm³/mol. The molecule has 9 heteroatoms. The number of nitrogens with zero attached hydrogens (tertiary/aromatic N) is 1. The molecule has 0 saturated carbocycles. The highest BCUT2D eigenvalue weighted by Gasteiger charge is 2.39. The van der Waals surface area contributed by atoms with Crippen LogP contribution in [0.15, 0.2) is 54.5 Å². The van der Waals surface area contributed by atoms with Crippen molar-refractivity contribution in [3.63, 3.8) is 0 Å². The second-order valence-electron chi connectivity index (χ2n) is 5.81. The Morgan fingerprint density at radius 2 is 1.41 bits per heavy atom. The first-order chi connectivity index (χ1) is 13.7. The van der Waals surface area contributed by atoms with E-state index in [1.54, 1.807) is 24.3 Å². The monoisotopic (exact) mass is 413 g/mol. The molecule has 29 heavy (non-hydrogen) atoms. The Labute approximate surface area is 165 Å². The molecule has 0 radical (unpaired) electrons. The Balaban J connectivity index is 2.17. The van der Waals surface area contributed by atoms with Gasteiger partial charge in [0.15, 0.2) is 6.61 Å². The van der Waals surface area contributed by atoms with Gasteiger partial charge in [0.1, 0.15) is 17.1 Å². The minimum atomic E-state index is -5.02. The van der Waals surface area contributed by atoms with Crippen molar-refractivity contribution in [2.45, 2.75) is 6.18 Å². The summed E-state index contributed by atoms with van der Waals surface area (Å²) in [7, 11) is 4.22. The fourth-order valence-corrected chi connectivity index (χ4v) is 2.39. The third-order valence-electron chi connectivity index (χ3n) is 4.01. The zero-order chi connectivity index (χ0) is 21.6. The Kier molecular flexibility index (Phi) is 7.08. The number of rotatable bonds is 7. The van der Waals surface area contributed by atoms with Crippen LogP contribution in [-0.4, -0.2) is 40.0 Å². The molecule has 156 valence electrons. The molecule has 2 aromatic carbocycles. The molecule has 0 atom stereocenters. The van der Waals surface area contributed by atoms with E-state index in [0.29, 0.717) is 17.2 Å². The largest absolute Gasteiger partial charge is 0.497 e. The lowest BCUT2D eigenvalue weighted by molar-refractivity contribution is -0.122. The summed E-state index contributed by atoms with van der Waals surface area (Å²) in [6.45, 7) is -0.913. The Hall–Kier alpha value is -3.23. The van der Waals surface area contributed by atoms with E-state index in [-0.39, 0.29) is 0 Å². The smallest absolute Gasteiger partial charge is 0.422 e. The molecular formula is C20H19F4NO4. The van der Waals surface area contributed by atoms with E-state index in [0.717, 1.165) is 17.0 Å². The predicted octanol–water partition coefficient (Wildman–Crippen LogP) is 4.58. The van der Waals surface area contributed by atoms with Crippen LogP contribution in [0.5, 0.6) is 11.5 Å². The fourth-order valence-electron chi connectivity index (χ4n) is 2.39. The number of hydrogen-bond acceptors (Lipinski definition) is 4. The lowest BCUT2D eigenvalue weighted by atomic mass is 10.1. The van der Waals surface area contributed by atoms with Gasteiger partial charge in [-0.2, -0.15) is 17.6 Å². The molecule has 5 nitrogen and oxygen atoms in total. The van der Waals surface area contributed by atoms with Crippen LogP contribution in [0.4, 0.5) is 23.2 Å². The minimum Gasteiger partial charge on any atom is -0.497 e. The van der Waals surface area contributed by atoms with Gasteiger partial charge in [-0.05, 0) is 42.0 Å². The van der Waals surface area contributed by atoms with Crippen LogP contribution in [0.1, 0.15) is 5.56 Å². The van der Waals surface area contributed by atoms with Crippen LogP contribution in [0.3, 0.4) is 0 Å². The number of alkyl halides is 3. The van der Waals surface area contributed by atoms with Gasteiger partial charge in [-0.1, -0.05) is 12.1 Å². The van der Waals surface area contributed by atoms with Crippen molar-refractivity contribution >= 4 is 17.2 Å². The first-order valence-electron chi connectivity index (χ1n) is 8.32. The van der Waals surface area contributed by atoms with Crippen molar-refractivity contribution in [1.82, 2.24) is 0 Å². The van der Waals surface area contributed by atoms with Gasteiger partial charge >= 0.3 is 6.18 Å². The van der Waals surface area contributed by atoms with Gasteiger partial charge in [-0.15, -0.1) is 0 Å². The van der Waals surface area contributed by atoms with Crippen LogP contribution in [0.25, 0.3) is 5.57 Å². The minimum absolute atomic E-state index is 0.313. The van der Waals surface area contributed by atoms with Gasteiger partial charge in [-0.3, -0.25) is 4.79 Å². The zero-order valence-electron chi connectivity index (χ0n) is 15.9. The maximum absolute atomic E-state index is 14.3. The number of methoxy groups -OCH3 is 2. The Morgan fingerprint density at radius 1 is 0.931 bits per heavy atom. The van der Waals surface area contributed by atoms with Crippen molar-refractivity contribution in [2.24, 2.45) is 0 Å². The topological polar surface area (TPSA) is 48.0 Å². The average Bonchev–Trinajstić information content (AvgIpc) is 2.71. The molecular weight excluding hydrogens is 394 g/mol.